The molecule has 0 saturated carbocycles. The zero-order chi connectivity index (χ0) is 9.40. The molecule has 0 fully saturated rings. The van der Waals surface area contributed by atoms with E-state index in [1.807, 2.05) is 0 Å². The van der Waals surface area contributed by atoms with E-state index in [2.05, 4.69) is 32.7 Å². The molecule has 12 heavy (non-hydrogen) atoms. The SMILES string of the molecule is C=C(CC)CCC(C)CNCC. The van der Waals surface area contributed by atoms with Crippen LogP contribution in [0, 0.1) is 5.92 Å². The zero-order valence-electron chi connectivity index (χ0n) is 8.82. The van der Waals surface area contributed by atoms with Crippen molar-refractivity contribution >= 4 is 0 Å². The maximum absolute atomic E-state index is 4.01. The Morgan fingerprint density at radius 1 is 1.42 bits per heavy atom. The Bertz CT molecular complexity index is 118. The van der Waals surface area contributed by atoms with Gasteiger partial charge >= 0.3 is 0 Å². The Labute approximate surface area is 77.2 Å². The summed E-state index contributed by atoms with van der Waals surface area (Å²) in [6.07, 6.45) is 3.61. The summed E-state index contributed by atoms with van der Waals surface area (Å²) in [5.74, 6) is 0.785. The lowest BCUT2D eigenvalue weighted by Crippen LogP contribution is -2.20. The molecule has 0 aliphatic rings. The van der Waals surface area contributed by atoms with Crippen LogP contribution in [-0.4, -0.2) is 13.1 Å². The van der Waals surface area contributed by atoms with Gasteiger partial charge in [-0.2, -0.15) is 0 Å². The van der Waals surface area contributed by atoms with Crippen LogP contribution in [0.4, 0.5) is 0 Å². The van der Waals surface area contributed by atoms with Crippen LogP contribution in [0.15, 0.2) is 12.2 Å². The summed E-state index contributed by atoms with van der Waals surface area (Å²) in [4.78, 5) is 0. The first-order valence-corrected chi connectivity index (χ1v) is 5.08. The molecule has 0 spiro atoms. The van der Waals surface area contributed by atoms with Crippen molar-refractivity contribution in [1.29, 1.82) is 0 Å². The predicted octanol–water partition coefficient (Wildman–Crippen LogP) is 2.98. The van der Waals surface area contributed by atoms with Crippen LogP contribution < -0.4 is 5.32 Å². The number of hydrogen-bond acceptors (Lipinski definition) is 1. The Morgan fingerprint density at radius 3 is 2.58 bits per heavy atom. The number of nitrogens with one attached hydrogen (secondary N) is 1. The molecule has 1 heteroatoms. The minimum Gasteiger partial charge on any atom is -0.317 e. The van der Waals surface area contributed by atoms with Crippen LogP contribution in [0.5, 0.6) is 0 Å². The monoisotopic (exact) mass is 169 g/mol. The molecule has 72 valence electrons. The largest absolute Gasteiger partial charge is 0.317 e. The summed E-state index contributed by atoms with van der Waals surface area (Å²) < 4.78 is 0. The van der Waals surface area contributed by atoms with Gasteiger partial charge in [0.15, 0.2) is 0 Å². The summed E-state index contributed by atoms with van der Waals surface area (Å²) in [5.41, 5.74) is 1.39. The van der Waals surface area contributed by atoms with E-state index >= 15 is 0 Å². The molecule has 0 rings (SSSR count). The first kappa shape index (κ1) is 11.7. The molecule has 1 unspecified atom stereocenters. The highest BCUT2D eigenvalue weighted by atomic mass is 14.8. The number of allylic oxidation sites excluding steroid dienone is 1. The summed E-state index contributed by atoms with van der Waals surface area (Å²) in [6, 6.07) is 0. The molecule has 0 aromatic rings. The van der Waals surface area contributed by atoms with Gasteiger partial charge in [-0.3, -0.25) is 0 Å². The Balaban J connectivity index is 3.30. The molecule has 0 radical (unpaired) electrons. The van der Waals surface area contributed by atoms with Crippen LogP contribution in [0.1, 0.15) is 40.0 Å². The maximum atomic E-state index is 4.01. The topological polar surface area (TPSA) is 12.0 Å². The average molecular weight is 169 g/mol. The molecule has 0 saturated heterocycles. The molecule has 0 heterocycles. The van der Waals surface area contributed by atoms with Crippen LogP contribution in [-0.2, 0) is 0 Å². The van der Waals surface area contributed by atoms with Gasteiger partial charge in [0.25, 0.3) is 0 Å². The molecule has 0 aromatic heterocycles. The van der Waals surface area contributed by atoms with E-state index in [0.29, 0.717) is 0 Å². The highest BCUT2D eigenvalue weighted by Gasteiger charge is 2.01. The third-order valence-electron chi connectivity index (χ3n) is 2.23. The lowest BCUT2D eigenvalue weighted by atomic mass is 10.0. The number of hydrogen-bond donors (Lipinski definition) is 1. The van der Waals surface area contributed by atoms with Crippen molar-refractivity contribution < 1.29 is 0 Å². The van der Waals surface area contributed by atoms with Crippen molar-refractivity contribution in [3.63, 3.8) is 0 Å². The fraction of sp³-hybridized carbons (Fsp3) is 0.818. The highest BCUT2D eigenvalue weighted by molar-refractivity contribution is 4.92. The van der Waals surface area contributed by atoms with E-state index in [9.17, 15) is 0 Å². The molecular formula is C11H23N. The Morgan fingerprint density at radius 2 is 2.08 bits per heavy atom. The summed E-state index contributed by atoms with van der Waals surface area (Å²) in [6.45, 7) is 12.9. The van der Waals surface area contributed by atoms with Crippen LogP contribution in [0.2, 0.25) is 0 Å². The standard InChI is InChI=1S/C11H23N/c1-5-10(3)7-8-11(4)9-12-6-2/h11-12H,3,5-9H2,1-2,4H3. The van der Waals surface area contributed by atoms with Crippen molar-refractivity contribution in [3.8, 4) is 0 Å². The summed E-state index contributed by atoms with van der Waals surface area (Å²) in [7, 11) is 0. The minimum atomic E-state index is 0.785. The molecule has 0 aliphatic carbocycles. The Kier molecular flexibility index (Phi) is 7.17. The quantitative estimate of drug-likeness (QED) is 0.578. The van der Waals surface area contributed by atoms with Crippen LogP contribution in [0.3, 0.4) is 0 Å². The van der Waals surface area contributed by atoms with Gasteiger partial charge in [0.1, 0.15) is 0 Å². The third-order valence-corrected chi connectivity index (χ3v) is 2.23. The average Bonchev–Trinajstić information content (AvgIpc) is 2.10. The van der Waals surface area contributed by atoms with Gasteiger partial charge in [0.05, 0.1) is 0 Å². The third kappa shape index (κ3) is 6.41. The van der Waals surface area contributed by atoms with E-state index in [-0.39, 0.29) is 0 Å². The van der Waals surface area contributed by atoms with Crippen molar-refractivity contribution in [2.45, 2.75) is 40.0 Å². The van der Waals surface area contributed by atoms with Gasteiger partial charge in [-0.15, -0.1) is 0 Å². The fourth-order valence-corrected chi connectivity index (χ4v) is 1.12. The number of rotatable bonds is 7. The van der Waals surface area contributed by atoms with Gasteiger partial charge in [-0.05, 0) is 38.3 Å². The van der Waals surface area contributed by atoms with Crippen molar-refractivity contribution in [3.05, 3.63) is 12.2 Å². The van der Waals surface area contributed by atoms with E-state index < -0.39 is 0 Å². The van der Waals surface area contributed by atoms with Gasteiger partial charge in [-0.25, -0.2) is 0 Å². The molecule has 1 N–H and O–H groups in total. The van der Waals surface area contributed by atoms with Gasteiger partial charge in [-0.1, -0.05) is 32.9 Å². The second kappa shape index (κ2) is 7.35. The molecule has 1 nitrogen and oxygen atoms in total. The van der Waals surface area contributed by atoms with Crippen molar-refractivity contribution in [1.82, 2.24) is 5.32 Å². The van der Waals surface area contributed by atoms with E-state index in [0.717, 1.165) is 25.4 Å². The van der Waals surface area contributed by atoms with Crippen molar-refractivity contribution in [2.75, 3.05) is 13.1 Å². The lowest BCUT2D eigenvalue weighted by molar-refractivity contribution is 0.487. The second-order valence-corrected chi connectivity index (χ2v) is 3.56. The first-order chi connectivity index (χ1) is 5.70. The molecule has 0 aromatic carbocycles. The molecular weight excluding hydrogens is 146 g/mol. The fourth-order valence-electron chi connectivity index (χ4n) is 1.12. The van der Waals surface area contributed by atoms with Crippen molar-refractivity contribution in [2.24, 2.45) is 5.92 Å². The van der Waals surface area contributed by atoms with E-state index in [1.165, 1.54) is 18.4 Å². The van der Waals surface area contributed by atoms with Gasteiger partial charge in [0, 0.05) is 0 Å². The molecule has 1 atom stereocenters. The van der Waals surface area contributed by atoms with Crippen LogP contribution >= 0.6 is 0 Å². The molecule has 0 aliphatic heterocycles. The molecule has 0 amide bonds. The Hall–Kier alpha value is -0.300. The summed E-state index contributed by atoms with van der Waals surface area (Å²) >= 11 is 0. The minimum absolute atomic E-state index is 0.785. The van der Waals surface area contributed by atoms with Gasteiger partial charge < -0.3 is 5.32 Å². The smallest absolute Gasteiger partial charge is 0.00232 e. The zero-order valence-corrected chi connectivity index (χ0v) is 8.82. The summed E-state index contributed by atoms with van der Waals surface area (Å²) in [5, 5.41) is 3.36. The molecule has 0 bridgehead atoms. The van der Waals surface area contributed by atoms with Gasteiger partial charge in [0.2, 0.25) is 0 Å². The van der Waals surface area contributed by atoms with E-state index in [1.54, 1.807) is 0 Å². The normalized spacial score (nSPS) is 12.9. The van der Waals surface area contributed by atoms with Crippen LogP contribution in [0.25, 0.3) is 0 Å². The van der Waals surface area contributed by atoms with E-state index in [4.69, 9.17) is 0 Å². The highest BCUT2D eigenvalue weighted by Crippen LogP contribution is 2.11. The second-order valence-electron chi connectivity index (χ2n) is 3.56. The lowest BCUT2D eigenvalue weighted by Gasteiger charge is -2.11. The predicted molar refractivity (Wildman–Crippen MR) is 56.4 cm³/mol. The first-order valence-electron chi connectivity index (χ1n) is 5.08. The maximum Gasteiger partial charge on any atom is -0.00232 e.